The summed E-state index contributed by atoms with van der Waals surface area (Å²) in [5.74, 6) is 3.18. The lowest BCUT2D eigenvalue weighted by Crippen LogP contribution is -2.03. The van der Waals surface area contributed by atoms with Crippen molar-refractivity contribution in [2.45, 2.75) is 45.4 Å². The molecule has 1 aliphatic carbocycles. The molecule has 0 N–H and O–H groups in total. The van der Waals surface area contributed by atoms with E-state index in [0.29, 0.717) is 11.8 Å². The monoisotopic (exact) mass is 218 g/mol. The summed E-state index contributed by atoms with van der Waals surface area (Å²) < 4.78 is 5.64. The number of para-hydroxylation sites is 1. The zero-order valence-corrected chi connectivity index (χ0v) is 10.8. The molecule has 0 aliphatic heterocycles. The highest BCUT2D eigenvalue weighted by Crippen LogP contribution is 2.46. The van der Waals surface area contributed by atoms with Crippen LogP contribution in [0, 0.1) is 5.92 Å². The molecule has 1 atom stereocenters. The van der Waals surface area contributed by atoms with Crippen molar-refractivity contribution in [1.82, 2.24) is 0 Å². The number of ether oxygens (including phenoxy) is 1. The first-order valence-corrected chi connectivity index (χ1v) is 6.32. The van der Waals surface area contributed by atoms with Crippen LogP contribution in [0.1, 0.15) is 56.6 Å². The lowest BCUT2D eigenvalue weighted by molar-refractivity contribution is 0.397. The molecule has 1 unspecified atom stereocenters. The molecule has 1 fully saturated rings. The minimum atomic E-state index is 0.529. The van der Waals surface area contributed by atoms with Crippen molar-refractivity contribution in [1.29, 1.82) is 0 Å². The standard InChI is InChI=1S/C15H22O/c1-10(2)13-6-5-7-14(15(13)16-4)11(3)12-8-9-12/h5-7,10-12H,8-9H2,1-4H3. The molecule has 0 bridgehead atoms. The molecule has 0 saturated heterocycles. The minimum Gasteiger partial charge on any atom is -0.496 e. The molecule has 1 aromatic rings. The molecule has 0 heterocycles. The first-order chi connectivity index (χ1) is 7.65. The molecule has 1 saturated carbocycles. The normalized spacial score (nSPS) is 17.6. The van der Waals surface area contributed by atoms with Gasteiger partial charge in [-0.15, -0.1) is 0 Å². The summed E-state index contributed by atoms with van der Waals surface area (Å²) in [6.07, 6.45) is 2.77. The third-order valence-corrected chi connectivity index (χ3v) is 3.72. The lowest BCUT2D eigenvalue weighted by atomic mass is 9.90. The van der Waals surface area contributed by atoms with Crippen LogP contribution in [0.2, 0.25) is 0 Å². The van der Waals surface area contributed by atoms with Crippen molar-refractivity contribution in [3.8, 4) is 5.75 Å². The van der Waals surface area contributed by atoms with Crippen LogP contribution in [0.4, 0.5) is 0 Å². The van der Waals surface area contributed by atoms with Crippen LogP contribution in [-0.2, 0) is 0 Å². The summed E-state index contributed by atoms with van der Waals surface area (Å²) in [7, 11) is 1.80. The van der Waals surface area contributed by atoms with Gasteiger partial charge in [-0.1, -0.05) is 39.0 Å². The molecule has 0 amide bonds. The second-order valence-corrected chi connectivity index (χ2v) is 5.25. The number of rotatable bonds is 4. The van der Waals surface area contributed by atoms with Crippen LogP contribution in [0.5, 0.6) is 5.75 Å². The molecule has 2 rings (SSSR count). The fourth-order valence-electron chi connectivity index (χ4n) is 2.47. The Labute approximate surface area is 98.8 Å². The Morgan fingerprint density at radius 2 is 1.75 bits per heavy atom. The Kier molecular flexibility index (Phi) is 3.22. The quantitative estimate of drug-likeness (QED) is 0.730. The fourth-order valence-corrected chi connectivity index (χ4v) is 2.47. The van der Waals surface area contributed by atoms with Crippen molar-refractivity contribution in [2.24, 2.45) is 5.92 Å². The van der Waals surface area contributed by atoms with Gasteiger partial charge in [-0.25, -0.2) is 0 Å². The highest BCUT2D eigenvalue weighted by Gasteiger charge is 2.31. The molecule has 0 aromatic heterocycles. The SMILES string of the molecule is COc1c(C(C)C)cccc1C(C)C1CC1. The Morgan fingerprint density at radius 1 is 1.12 bits per heavy atom. The molecule has 16 heavy (non-hydrogen) atoms. The average molecular weight is 218 g/mol. The van der Waals surface area contributed by atoms with Gasteiger partial charge in [0.15, 0.2) is 0 Å². The van der Waals surface area contributed by atoms with E-state index >= 15 is 0 Å². The van der Waals surface area contributed by atoms with Gasteiger partial charge in [0.1, 0.15) is 5.75 Å². The summed E-state index contributed by atoms with van der Waals surface area (Å²) in [5.41, 5.74) is 2.74. The van der Waals surface area contributed by atoms with Gasteiger partial charge in [0.2, 0.25) is 0 Å². The van der Waals surface area contributed by atoms with Crippen LogP contribution < -0.4 is 4.74 Å². The summed E-state index contributed by atoms with van der Waals surface area (Å²) in [6, 6.07) is 6.59. The number of hydrogen-bond acceptors (Lipinski definition) is 1. The van der Waals surface area contributed by atoms with Crippen molar-refractivity contribution >= 4 is 0 Å². The van der Waals surface area contributed by atoms with Crippen molar-refractivity contribution in [3.63, 3.8) is 0 Å². The van der Waals surface area contributed by atoms with E-state index in [1.807, 2.05) is 0 Å². The van der Waals surface area contributed by atoms with Gasteiger partial charge in [-0.3, -0.25) is 0 Å². The van der Waals surface area contributed by atoms with Crippen LogP contribution in [0.3, 0.4) is 0 Å². The van der Waals surface area contributed by atoms with E-state index in [0.717, 1.165) is 11.7 Å². The Bertz CT molecular complexity index is 364. The third-order valence-electron chi connectivity index (χ3n) is 3.72. The summed E-state index contributed by atoms with van der Waals surface area (Å²) in [5, 5.41) is 0. The molecule has 88 valence electrons. The maximum Gasteiger partial charge on any atom is 0.125 e. The lowest BCUT2D eigenvalue weighted by Gasteiger charge is -2.19. The first kappa shape index (κ1) is 11.5. The number of benzene rings is 1. The van der Waals surface area contributed by atoms with E-state index in [2.05, 4.69) is 39.0 Å². The smallest absolute Gasteiger partial charge is 0.125 e. The van der Waals surface area contributed by atoms with Crippen molar-refractivity contribution < 1.29 is 4.74 Å². The van der Waals surface area contributed by atoms with Gasteiger partial charge in [0.05, 0.1) is 7.11 Å². The van der Waals surface area contributed by atoms with E-state index in [-0.39, 0.29) is 0 Å². The molecular weight excluding hydrogens is 196 g/mol. The van der Waals surface area contributed by atoms with Crippen LogP contribution in [0.25, 0.3) is 0 Å². The summed E-state index contributed by atoms with van der Waals surface area (Å²) in [4.78, 5) is 0. The fraction of sp³-hybridized carbons (Fsp3) is 0.600. The van der Waals surface area contributed by atoms with Crippen molar-refractivity contribution in [3.05, 3.63) is 29.3 Å². The van der Waals surface area contributed by atoms with Gasteiger partial charge >= 0.3 is 0 Å². The third kappa shape index (κ3) is 2.09. The van der Waals surface area contributed by atoms with Gasteiger partial charge in [-0.05, 0) is 41.7 Å². The average Bonchev–Trinajstić information content (AvgIpc) is 3.10. The minimum absolute atomic E-state index is 0.529. The Morgan fingerprint density at radius 3 is 2.25 bits per heavy atom. The molecule has 0 spiro atoms. The second-order valence-electron chi connectivity index (χ2n) is 5.25. The zero-order chi connectivity index (χ0) is 11.7. The van der Waals surface area contributed by atoms with E-state index in [4.69, 9.17) is 4.74 Å². The Hall–Kier alpha value is -0.980. The molecular formula is C15H22O. The van der Waals surface area contributed by atoms with E-state index in [1.54, 1.807) is 7.11 Å². The molecule has 1 heteroatoms. The molecule has 1 aliphatic rings. The van der Waals surface area contributed by atoms with E-state index in [1.165, 1.54) is 24.0 Å². The highest BCUT2D eigenvalue weighted by molar-refractivity contribution is 5.45. The predicted octanol–water partition coefficient (Wildman–Crippen LogP) is 4.33. The largest absolute Gasteiger partial charge is 0.496 e. The summed E-state index contributed by atoms with van der Waals surface area (Å²) in [6.45, 7) is 6.78. The number of hydrogen-bond donors (Lipinski definition) is 0. The topological polar surface area (TPSA) is 9.23 Å². The number of methoxy groups -OCH3 is 1. The summed E-state index contributed by atoms with van der Waals surface area (Å²) >= 11 is 0. The van der Waals surface area contributed by atoms with Crippen LogP contribution >= 0.6 is 0 Å². The van der Waals surface area contributed by atoms with Gasteiger partial charge in [-0.2, -0.15) is 0 Å². The molecule has 1 aromatic carbocycles. The van der Waals surface area contributed by atoms with Crippen molar-refractivity contribution in [2.75, 3.05) is 7.11 Å². The Balaban J connectivity index is 2.39. The molecule has 0 radical (unpaired) electrons. The predicted molar refractivity (Wildman–Crippen MR) is 68.2 cm³/mol. The zero-order valence-electron chi connectivity index (χ0n) is 10.8. The van der Waals surface area contributed by atoms with Gasteiger partial charge in [0, 0.05) is 0 Å². The van der Waals surface area contributed by atoms with Gasteiger partial charge < -0.3 is 4.74 Å². The molecule has 1 nitrogen and oxygen atoms in total. The second kappa shape index (κ2) is 4.48. The van der Waals surface area contributed by atoms with E-state index < -0.39 is 0 Å². The van der Waals surface area contributed by atoms with Gasteiger partial charge in [0.25, 0.3) is 0 Å². The first-order valence-electron chi connectivity index (χ1n) is 6.32. The van der Waals surface area contributed by atoms with Crippen LogP contribution in [0.15, 0.2) is 18.2 Å². The maximum atomic E-state index is 5.64. The highest BCUT2D eigenvalue weighted by atomic mass is 16.5. The maximum absolute atomic E-state index is 5.64. The van der Waals surface area contributed by atoms with Crippen LogP contribution in [-0.4, -0.2) is 7.11 Å². The van der Waals surface area contributed by atoms with E-state index in [9.17, 15) is 0 Å².